The van der Waals surface area contributed by atoms with E-state index in [1.165, 1.54) is 38.5 Å². The van der Waals surface area contributed by atoms with Crippen molar-refractivity contribution < 1.29 is 4.52 Å². The molecular weight excluding hydrogens is 291 g/mol. The van der Waals surface area contributed by atoms with E-state index in [0.717, 1.165) is 22.1 Å². The number of hydrogen-bond donors (Lipinski definition) is 0. The van der Waals surface area contributed by atoms with Crippen molar-refractivity contribution >= 4 is 22.6 Å². The van der Waals surface area contributed by atoms with Crippen molar-refractivity contribution in [2.24, 2.45) is 5.92 Å². The lowest BCUT2D eigenvalue weighted by Gasteiger charge is -2.09. The molecule has 1 heterocycles. The summed E-state index contributed by atoms with van der Waals surface area (Å²) in [6.45, 7) is 0. The zero-order valence-corrected chi connectivity index (χ0v) is 10.4. The molecule has 1 aliphatic rings. The standard InChI is InChI=1S/C10H15IN2O/c11-10-12-9(14-13-10)7-8-5-3-1-2-4-6-8/h8H,1-7H2. The van der Waals surface area contributed by atoms with E-state index in [-0.39, 0.29) is 0 Å². The van der Waals surface area contributed by atoms with E-state index in [1.54, 1.807) is 0 Å². The van der Waals surface area contributed by atoms with Gasteiger partial charge in [0, 0.05) is 29.0 Å². The molecule has 0 amide bonds. The molecule has 1 aromatic rings. The van der Waals surface area contributed by atoms with Crippen LogP contribution >= 0.6 is 22.6 Å². The molecule has 3 nitrogen and oxygen atoms in total. The Morgan fingerprint density at radius 2 is 1.93 bits per heavy atom. The summed E-state index contributed by atoms with van der Waals surface area (Å²) in [4.78, 5) is 4.24. The van der Waals surface area contributed by atoms with Gasteiger partial charge in [0.25, 0.3) is 0 Å². The van der Waals surface area contributed by atoms with E-state index >= 15 is 0 Å². The number of halogens is 1. The fourth-order valence-electron chi connectivity index (χ4n) is 2.13. The highest BCUT2D eigenvalue weighted by molar-refractivity contribution is 14.1. The van der Waals surface area contributed by atoms with Gasteiger partial charge in [0.2, 0.25) is 9.72 Å². The molecule has 0 saturated heterocycles. The molecular formula is C10H15IN2O. The van der Waals surface area contributed by atoms with E-state index in [1.807, 2.05) is 0 Å². The van der Waals surface area contributed by atoms with Crippen LogP contribution in [-0.4, -0.2) is 10.1 Å². The van der Waals surface area contributed by atoms with Crippen molar-refractivity contribution in [2.45, 2.75) is 44.9 Å². The molecule has 0 unspecified atom stereocenters. The normalized spacial score (nSPS) is 19.5. The smallest absolute Gasteiger partial charge is 0.232 e. The van der Waals surface area contributed by atoms with Gasteiger partial charge in [-0.05, 0) is 18.8 Å². The van der Waals surface area contributed by atoms with Crippen molar-refractivity contribution in [2.75, 3.05) is 0 Å². The van der Waals surface area contributed by atoms with Crippen LogP contribution in [0.1, 0.15) is 44.4 Å². The summed E-state index contributed by atoms with van der Waals surface area (Å²) in [5.74, 6) is 1.59. The Labute approximate surface area is 97.8 Å². The highest BCUT2D eigenvalue weighted by Gasteiger charge is 2.15. The van der Waals surface area contributed by atoms with Crippen LogP contribution in [0.3, 0.4) is 0 Å². The van der Waals surface area contributed by atoms with Crippen molar-refractivity contribution in [3.05, 3.63) is 9.72 Å². The lowest BCUT2D eigenvalue weighted by atomic mass is 9.97. The summed E-state index contributed by atoms with van der Waals surface area (Å²) in [5, 5.41) is 3.81. The topological polar surface area (TPSA) is 38.9 Å². The minimum Gasteiger partial charge on any atom is -0.339 e. The molecule has 0 N–H and O–H groups in total. The van der Waals surface area contributed by atoms with Crippen molar-refractivity contribution in [3.63, 3.8) is 0 Å². The van der Waals surface area contributed by atoms with E-state index < -0.39 is 0 Å². The average Bonchev–Trinajstić information content (AvgIpc) is 2.43. The quantitative estimate of drug-likeness (QED) is 0.622. The Hall–Kier alpha value is -0.130. The molecule has 0 spiro atoms. The maximum atomic E-state index is 5.14. The Morgan fingerprint density at radius 3 is 2.50 bits per heavy atom. The largest absolute Gasteiger partial charge is 0.339 e. The molecule has 14 heavy (non-hydrogen) atoms. The summed E-state index contributed by atoms with van der Waals surface area (Å²) < 4.78 is 5.87. The second-order valence-corrected chi connectivity index (χ2v) is 4.98. The number of aromatic nitrogens is 2. The van der Waals surface area contributed by atoms with Gasteiger partial charge in [0.15, 0.2) is 0 Å². The first kappa shape index (κ1) is 10.4. The van der Waals surface area contributed by atoms with Crippen LogP contribution in [0.15, 0.2) is 4.52 Å². The summed E-state index contributed by atoms with van der Waals surface area (Å²) >= 11 is 2.09. The molecule has 0 bridgehead atoms. The highest BCUT2D eigenvalue weighted by atomic mass is 127. The number of rotatable bonds is 2. The maximum absolute atomic E-state index is 5.14. The average molecular weight is 306 g/mol. The SMILES string of the molecule is Ic1noc(CC2CCCCCC2)n1. The Morgan fingerprint density at radius 1 is 1.21 bits per heavy atom. The van der Waals surface area contributed by atoms with Gasteiger partial charge in [-0.3, -0.25) is 0 Å². The molecule has 1 aliphatic carbocycles. The lowest BCUT2D eigenvalue weighted by molar-refractivity contribution is 0.337. The molecule has 2 rings (SSSR count). The van der Waals surface area contributed by atoms with E-state index in [9.17, 15) is 0 Å². The highest BCUT2D eigenvalue weighted by Crippen LogP contribution is 2.25. The molecule has 0 aromatic carbocycles. The molecule has 0 atom stereocenters. The molecule has 1 aromatic heterocycles. The van der Waals surface area contributed by atoms with Crippen molar-refractivity contribution in [1.29, 1.82) is 0 Å². The summed E-state index contributed by atoms with van der Waals surface area (Å²) in [5.41, 5.74) is 0. The Bertz CT molecular complexity index is 279. The van der Waals surface area contributed by atoms with Crippen LogP contribution in [0.4, 0.5) is 0 Å². The van der Waals surface area contributed by atoms with E-state index in [0.29, 0.717) is 0 Å². The van der Waals surface area contributed by atoms with Crippen molar-refractivity contribution in [1.82, 2.24) is 10.1 Å². The fourth-order valence-corrected chi connectivity index (χ4v) is 2.50. The Balaban J connectivity index is 1.89. The van der Waals surface area contributed by atoms with Crippen LogP contribution < -0.4 is 0 Å². The Kier molecular flexibility index (Phi) is 3.78. The zero-order chi connectivity index (χ0) is 9.80. The third-order valence-electron chi connectivity index (χ3n) is 2.88. The van der Waals surface area contributed by atoms with Gasteiger partial charge in [0.05, 0.1) is 0 Å². The van der Waals surface area contributed by atoms with Crippen LogP contribution in [0.5, 0.6) is 0 Å². The first-order valence-corrected chi connectivity index (χ1v) is 6.40. The molecule has 0 aliphatic heterocycles. The number of nitrogens with zero attached hydrogens (tertiary/aromatic N) is 2. The van der Waals surface area contributed by atoms with Gasteiger partial charge in [-0.15, -0.1) is 0 Å². The monoisotopic (exact) mass is 306 g/mol. The second-order valence-electron chi connectivity index (χ2n) is 4.02. The molecule has 1 saturated carbocycles. The predicted molar refractivity (Wildman–Crippen MR) is 61.9 cm³/mol. The minimum absolute atomic E-state index is 0.728. The van der Waals surface area contributed by atoms with Gasteiger partial charge in [-0.25, -0.2) is 0 Å². The third-order valence-corrected chi connectivity index (χ3v) is 3.32. The van der Waals surface area contributed by atoms with E-state index in [4.69, 9.17) is 4.52 Å². The van der Waals surface area contributed by atoms with Gasteiger partial charge < -0.3 is 4.52 Å². The lowest BCUT2D eigenvalue weighted by Crippen LogP contribution is -2.03. The van der Waals surface area contributed by atoms with Gasteiger partial charge in [0.1, 0.15) is 0 Å². The van der Waals surface area contributed by atoms with E-state index in [2.05, 4.69) is 32.7 Å². The molecule has 1 fully saturated rings. The fraction of sp³-hybridized carbons (Fsp3) is 0.800. The van der Waals surface area contributed by atoms with Gasteiger partial charge >= 0.3 is 0 Å². The maximum Gasteiger partial charge on any atom is 0.232 e. The molecule has 0 radical (unpaired) electrons. The second kappa shape index (κ2) is 5.09. The minimum atomic E-state index is 0.728. The summed E-state index contributed by atoms with van der Waals surface area (Å²) in [6, 6.07) is 0. The predicted octanol–water partition coefficient (Wildman–Crippen LogP) is 3.19. The number of hydrogen-bond acceptors (Lipinski definition) is 3. The summed E-state index contributed by atoms with van der Waals surface area (Å²) in [6.07, 6.45) is 9.19. The summed E-state index contributed by atoms with van der Waals surface area (Å²) in [7, 11) is 0. The van der Waals surface area contributed by atoms with Gasteiger partial charge in [-0.1, -0.05) is 30.8 Å². The van der Waals surface area contributed by atoms with Crippen LogP contribution in [-0.2, 0) is 6.42 Å². The molecule has 4 heteroatoms. The molecule has 78 valence electrons. The van der Waals surface area contributed by atoms with Crippen molar-refractivity contribution in [3.8, 4) is 0 Å². The zero-order valence-electron chi connectivity index (χ0n) is 8.21. The van der Waals surface area contributed by atoms with Gasteiger partial charge in [-0.2, -0.15) is 4.98 Å². The third kappa shape index (κ3) is 2.93. The van der Waals surface area contributed by atoms with Crippen LogP contribution in [0.2, 0.25) is 0 Å². The first-order valence-electron chi connectivity index (χ1n) is 5.32. The first-order chi connectivity index (χ1) is 6.84. The van der Waals surface area contributed by atoms with Crippen LogP contribution in [0, 0.1) is 9.75 Å². The van der Waals surface area contributed by atoms with Crippen LogP contribution in [0.25, 0.3) is 0 Å².